The third-order valence-corrected chi connectivity index (χ3v) is 5.83. The Bertz CT molecular complexity index is 1250. The average molecular weight is 419 g/mol. The van der Waals surface area contributed by atoms with E-state index in [0.29, 0.717) is 12.2 Å². The highest BCUT2D eigenvalue weighted by molar-refractivity contribution is 5.91. The van der Waals surface area contributed by atoms with Gasteiger partial charge in [-0.3, -0.25) is 9.78 Å². The number of hydrogen-bond donors (Lipinski definition) is 1. The number of para-hydroxylation sites is 1. The van der Waals surface area contributed by atoms with Gasteiger partial charge in [-0.25, -0.2) is 0 Å². The molecule has 0 saturated carbocycles. The summed E-state index contributed by atoms with van der Waals surface area (Å²) in [5, 5.41) is 7.98. The molecule has 0 spiro atoms. The first-order valence-corrected chi connectivity index (χ1v) is 10.5. The summed E-state index contributed by atoms with van der Waals surface area (Å²) in [6, 6.07) is 26.0. The van der Waals surface area contributed by atoms with Crippen LogP contribution in [0.15, 0.2) is 104 Å². The lowest BCUT2D eigenvalue weighted by atomic mass is 9.70. The Morgan fingerprint density at radius 1 is 1.00 bits per heavy atom. The van der Waals surface area contributed by atoms with Crippen LogP contribution in [0, 0.1) is 0 Å². The van der Waals surface area contributed by atoms with Gasteiger partial charge in [0.2, 0.25) is 0 Å². The summed E-state index contributed by atoms with van der Waals surface area (Å²) >= 11 is 0. The van der Waals surface area contributed by atoms with Gasteiger partial charge in [0.1, 0.15) is 0 Å². The summed E-state index contributed by atoms with van der Waals surface area (Å²) < 4.78 is 1.46. The van der Waals surface area contributed by atoms with Gasteiger partial charge in [-0.1, -0.05) is 73.3 Å². The summed E-state index contributed by atoms with van der Waals surface area (Å²) in [5.74, 6) is 0.376. The third-order valence-electron chi connectivity index (χ3n) is 5.83. The molecule has 1 atom stereocenters. The monoisotopic (exact) mass is 418 g/mol. The topological polar surface area (TPSA) is 59.8 Å². The van der Waals surface area contributed by atoms with Gasteiger partial charge < -0.3 is 5.32 Å². The first-order valence-electron chi connectivity index (χ1n) is 10.5. The molecule has 0 saturated heterocycles. The molecule has 5 nitrogen and oxygen atoms in total. The summed E-state index contributed by atoms with van der Waals surface area (Å²) in [4.78, 5) is 17.4. The molecule has 32 heavy (non-hydrogen) atoms. The van der Waals surface area contributed by atoms with Gasteiger partial charge in [-0.05, 0) is 35.9 Å². The van der Waals surface area contributed by atoms with Gasteiger partial charge in [0.15, 0.2) is 5.82 Å². The van der Waals surface area contributed by atoms with Crippen LogP contribution in [0.1, 0.15) is 27.3 Å². The Morgan fingerprint density at radius 3 is 2.41 bits per heavy atom. The predicted molar refractivity (Wildman–Crippen MR) is 127 cm³/mol. The molecule has 2 heterocycles. The Morgan fingerprint density at radius 2 is 1.72 bits per heavy atom. The van der Waals surface area contributed by atoms with Crippen LogP contribution in [0.5, 0.6) is 0 Å². The molecule has 0 aliphatic heterocycles. The van der Waals surface area contributed by atoms with Gasteiger partial charge in [-0.15, -0.1) is 5.10 Å². The third kappa shape index (κ3) is 3.34. The average Bonchev–Trinajstić information content (AvgIpc) is 3.22. The van der Waals surface area contributed by atoms with E-state index in [4.69, 9.17) is 4.98 Å². The van der Waals surface area contributed by atoms with E-state index in [0.717, 1.165) is 28.2 Å². The quantitative estimate of drug-likeness (QED) is 0.441. The number of carbonyl (C=O) groups excluding carboxylic acids is 1. The highest BCUT2D eigenvalue weighted by Gasteiger charge is 2.39. The molecule has 0 fully saturated rings. The van der Waals surface area contributed by atoms with Crippen LogP contribution in [0.2, 0.25) is 0 Å². The maximum absolute atomic E-state index is 12.8. The zero-order chi connectivity index (χ0) is 22.0. The number of carbonyl (C=O) groups is 1. The van der Waals surface area contributed by atoms with Crippen LogP contribution < -0.4 is 5.32 Å². The van der Waals surface area contributed by atoms with Crippen molar-refractivity contribution in [1.29, 1.82) is 0 Å². The Labute approximate surface area is 186 Å². The summed E-state index contributed by atoms with van der Waals surface area (Å²) in [6.07, 6.45) is 7.86. The lowest BCUT2D eigenvalue weighted by molar-refractivity contribution is 0.0950. The van der Waals surface area contributed by atoms with E-state index in [-0.39, 0.29) is 5.91 Å². The second-order valence-electron chi connectivity index (χ2n) is 7.72. The van der Waals surface area contributed by atoms with Gasteiger partial charge in [-0.2, -0.15) is 4.68 Å². The fourth-order valence-corrected chi connectivity index (χ4v) is 4.26. The van der Waals surface area contributed by atoms with Gasteiger partial charge in [0.05, 0.1) is 16.8 Å². The molecule has 0 bridgehead atoms. The van der Waals surface area contributed by atoms with Crippen molar-refractivity contribution < 1.29 is 4.79 Å². The summed E-state index contributed by atoms with van der Waals surface area (Å²) in [7, 11) is 0. The van der Waals surface area contributed by atoms with Crippen LogP contribution in [0.25, 0.3) is 6.08 Å². The van der Waals surface area contributed by atoms with Crippen molar-refractivity contribution in [2.45, 2.75) is 11.8 Å². The molecule has 0 radical (unpaired) electrons. The molecule has 1 N–H and O–H groups in total. The second-order valence-corrected chi connectivity index (χ2v) is 7.72. The minimum Gasteiger partial charge on any atom is -0.338 e. The number of anilines is 2. The minimum absolute atomic E-state index is 0.263. The van der Waals surface area contributed by atoms with E-state index < -0.39 is 5.41 Å². The van der Waals surface area contributed by atoms with E-state index in [9.17, 15) is 4.79 Å². The van der Waals surface area contributed by atoms with Crippen molar-refractivity contribution in [1.82, 2.24) is 14.8 Å². The molecule has 2 aromatic carbocycles. The first kappa shape index (κ1) is 19.7. The van der Waals surface area contributed by atoms with Crippen molar-refractivity contribution in [3.63, 3.8) is 0 Å². The zero-order valence-electron chi connectivity index (χ0n) is 17.5. The molecule has 1 aliphatic carbocycles. The van der Waals surface area contributed by atoms with Crippen LogP contribution in [0.4, 0.5) is 11.5 Å². The minimum atomic E-state index is -0.515. The maximum Gasteiger partial charge on any atom is 0.270 e. The Kier molecular flexibility index (Phi) is 5.00. The number of pyridine rings is 1. The number of nitrogens with zero attached hydrogens (tertiary/aromatic N) is 3. The Balaban J connectivity index is 1.68. The summed E-state index contributed by atoms with van der Waals surface area (Å²) in [5.41, 5.74) is 4.14. The number of rotatable bonds is 5. The normalized spacial score (nSPS) is 16.9. The Hall–Kier alpha value is -4.25. The molecule has 4 aromatic rings. The number of allylic oxidation sites excluding steroid dienone is 2. The molecule has 1 aliphatic rings. The van der Waals surface area contributed by atoms with Crippen molar-refractivity contribution in [3.8, 4) is 0 Å². The SMILES string of the molecule is C=CC(=O)n1nc(Nc2ccccc2)c2c1CC(c1ccccc1)(c1ccccn1)C=C2. The smallest absolute Gasteiger partial charge is 0.270 e. The van der Waals surface area contributed by atoms with E-state index in [1.54, 1.807) is 6.20 Å². The standard InChI is InChI=1S/C27H22N4O/c1-2-25(32)31-23-19-27(20-11-5-3-6-12-20,24-15-9-10-18-28-24)17-16-22(23)26(30-31)29-21-13-7-4-8-14-21/h2-18H,1,19H2,(H,29,30). The predicted octanol–water partition coefficient (Wildman–Crippen LogP) is 5.40. The van der Waals surface area contributed by atoms with Crippen LogP contribution in [-0.2, 0) is 11.8 Å². The van der Waals surface area contributed by atoms with Gasteiger partial charge in [0, 0.05) is 23.9 Å². The van der Waals surface area contributed by atoms with Gasteiger partial charge in [0.25, 0.3) is 5.91 Å². The van der Waals surface area contributed by atoms with E-state index in [1.165, 1.54) is 10.8 Å². The molecule has 0 amide bonds. The zero-order valence-corrected chi connectivity index (χ0v) is 17.5. The number of benzene rings is 2. The summed E-state index contributed by atoms with van der Waals surface area (Å²) in [6.45, 7) is 3.67. The molecule has 5 rings (SSSR count). The van der Waals surface area contributed by atoms with E-state index >= 15 is 0 Å². The highest BCUT2D eigenvalue weighted by atomic mass is 16.2. The fraction of sp³-hybridized carbons (Fsp3) is 0.0741. The number of aromatic nitrogens is 3. The largest absolute Gasteiger partial charge is 0.338 e. The fourth-order valence-electron chi connectivity index (χ4n) is 4.26. The molecular formula is C27H22N4O. The maximum atomic E-state index is 12.8. The molecular weight excluding hydrogens is 396 g/mol. The van der Waals surface area contributed by atoms with Crippen molar-refractivity contribution in [2.24, 2.45) is 0 Å². The highest BCUT2D eigenvalue weighted by Crippen LogP contribution is 2.42. The van der Waals surface area contributed by atoms with E-state index in [1.807, 2.05) is 72.8 Å². The van der Waals surface area contributed by atoms with Crippen molar-refractivity contribution in [3.05, 3.63) is 126 Å². The number of nitrogens with one attached hydrogen (secondary N) is 1. The number of fused-ring (bicyclic) bond motifs is 1. The lowest BCUT2D eigenvalue weighted by Gasteiger charge is -2.33. The molecule has 5 heteroatoms. The molecule has 2 aromatic heterocycles. The lowest BCUT2D eigenvalue weighted by Crippen LogP contribution is -2.33. The van der Waals surface area contributed by atoms with Crippen LogP contribution in [-0.4, -0.2) is 20.7 Å². The molecule has 156 valence electrons. The number of hydrogen-bond acceptors (Lipinski definition) is 4. The van der Waals surface area contributed by atoms with Gasteiger partial charge >= 0.3 is 0 Å². The molecule has 1 unspecified atom stereocenters. The van der Waals surface area contributed by atoms with Crippen molar-refractivity contribution >= 4 is 23.5 Å². The van der Waals surface area contributed by atoms with Crippen molar-refractivity contribution in [2.75, 3.05) is 5.32 Å². The second kappa shape index (κ2) is 8.12. The van der Waals surface area contributed by atoms with Crippen LogP contribution >= 0.6 is 0 Å². The van der Waals surface area contributed by atoms with Crippen LogP contribution in [0.3, 0.4) is 0 Å². The van der Waals surface area contributed by atoms with E-state index in [2.05, 4.69) is 35.2 Å². The first-order chi connectivity index (χ1) is 15.7.